The Morgan fingerprint density at radius 2 is 0.559 bits per heavy atom. The van der Waals surface area contributed by atoms with E-state index in [9.17, 15) is 30.0 Å². The van der Waals surface area contributed by atoms with Gasteiger partial charge in [0.1, 0.15) is 0 Å². The normalized spacial score (nSPS) is 11.3. The van der Waals surface area contributed by atoms with Crippen LogP contribution in [0.15, 0.2) is 48.6 Å². The maximum Gasteiger partial charge on any atom is 0.330 e. The van der Waals surface area contributed by atoms with Crippen molar-refractivity contribution < 1.29 is 39.5 Å². The number of ether oxygens (including phenoxy) is 2. The van der Waals surface area contributed by atoms with Crippen LogP contribution < -0.4 is 0 Å². The van der Waals surface area contributed by atoms with E-state index in [-0.39, 0.29) is 34.9 Å². The van der Waals surface area contributed by atoms with Crippen molar-refractivity contribution in [2.24, 2.45) is 0 Å². The molecule has 8 heteroatoms. The van der Waals surface area contributed by atoms with E-state index in [0.29, 0.717) is 24.3 Å². The van der Waals surface area contributed by atoms with Gasteiger partial charge in [-0.3, -0.25) is 0 Å². The Kier molecular flexibility index (Phi) is 42.7. The van der Waals surface area contributed by atoms with E-state index in [1.165, 1.54) is 255 Å². The third-order valence-corrected chi connectivity index (χ3v) is 12.8. The fourth-order valence-electron chi connectivity index (χ4n) is 8.42. The second-order valence-corrected chi connectivity index (χ2v) is 19.2. The number of carbonyl (C=O) groups is 2. The van der Waals surface area contributed by atoms with Crippen molar-refractivity contribution in [1.29, 1.82) is 0 Å². The summed E-state index contributed by atoms with van der Waals surface area (Å²) in [6.45, 7) is 5.45. The van der Waals surface area contributed by atoms with Crippen molar-refractivity contribution in [2.75, 3.05) is 13.2 Å². The van der Waals surface area contributed by atoms with Gasteiger partial charge < -0.3 is 29.9 Å². The van der Waals surface area contributed by atoms with Gasteiger partial charge in [-0.2, -0.15) is 0 Å². The second-order valence-electron chi connectivity index (χ2n) is 19.2. The first-order valence-electron chi connectivity index (χ1n) is 28.0. The van der Waals surface area contributed by atoms with E-state index >= 15 is 0 Å². The van der Waals surface area contributed by atoms with Gasteiger partial charge in [0.2, 0.25) is 0 Å². The lowest BCUT2D eigenvalue weighted by molar-refractivity contribution is -0.138. The molecule has 0 saturated heterocycles. The maximum atomic E-state index is 11.7. The molecule has 0 unspecified atom stereocenters. The highest BCUT2D eigenvalue weighted by atomic mass is 16.5. The fourth-order valence-corrected chi connectivity index (χ4v) is 8.42. The van der Waals surface area contributed by atoms with E-state index in [0.717, 1.165) is 25.7 Å². The van der Waals surface area contributed by atoms with Gasteiger partial charge in [-0.1, -0.05) is 257 Å². The summed E-state index contributed by atoms with van der Waals surface area (Å²) in [5.74, 6) is -1.52. The van der Waals surface area contributed by atoms with Crippen LogP contribution in [0.2, 0.25) is 0 Å². The van der Waals surface area contributed by atoms with E-state index in [1.807, 2.05) is 0 Å². The second kappa shape index (κ2) is 46.8. The molecule has 388 valence electrons. The van der Waals surface area contributed by atoms with Crippen LogP contribution in [0.5, 0.6) is 23.0 Å². The first-order chi connectivity index (χ1) is 33.3. The van der Waals surface area contributed by atoms with Crippen molar-refractivity contribution in [1.82, 2.24) is 0 Å². The number of rotatable bonds is 44. The Bertz CT molecular complexity index is 1530. The van der Waals surface area contributed by atoms with Crippen LogP contribution in [0.4, 0.5) is 0 Å². The van der Waals surface area contributed by atoms with Gasteiger partial charge >= 0.3 is 11.9 Å². The number of unbranched alkanes of at least 4 members (excludes halogenated alkanes) is 36. The molecule has 0 amide bonds. The molecule has 0 spiro atoms. The molecule has 8 nitrogen and oxygen atoms in total. The monoisotopic (exact) mass is 949 g/mol. The number of aromatic hydroxyl groups is 4. The minimum atomic E-state index is -0.380. The van der Waals surface area contributed by atoms with Crippen molar-refractivity contribution in [3.63, 3.8) is 0 Å². The molecular weight excluding hydrogens is 849 g/mol. The van der Waals surface area contributed by atoms with Crippen molar-refractivity contribution in [2.45, 2.75) is 258 Å². The van der Waals surface area contributed by atoms with E-state index in [1.54, 1.807) is 24.3 Å². The van der Waals surface area contributed by atoms with Gasteiger partial charge in [-0.05, 0) is 60.4 Å². The molecule has 0 aliphatic heterocycles. The SMILES string of the molecule is CCCCCCCCCCCCCCCCCCCCCCOC(=O)/C=C/c1ccc(O)c(O)c1.CCCCCCCCCCCCCCCCCCCCOC(=O)/C=C/c1ccc(O)c(O)c1. The highest BCUT2D eigenvalue weighted by molar-refractivity contribution is 5.87. The summed E-state index contributed by atoms with van der Waals surface area (Å²) in [5, 5.41) is 37.5. The molecule has 0 aliphatic rings. The Balaban J connectivity index is 0.000000681. The topological polar surface area (TPSA) is 134 Å². The molecule has 2 aromatic rings. The zero-order valence-electron chi connectivity index (χ0n) is 43.5. The van der Waals surface area contributed by atoms with E-state index in [4.69, 9.17) is 9.47 Å². The predicted molar refractivity (Wildman–Crippen MR) is 286 cm³/mol. The molecule has 4 N–H and O–H groups in total. The summed E-state index contributed by atoms with van der Waals surface area (Å²) < 4.78 is 10.4. The third-order valence-electron chi connectivity index (χ3n) is 12.8. The molecule has 2 rings (SSSR count). The van der Waals surface area contributed by atoms with E-state index in [2.05, 4.69) is 13.8 Å². The molecule has 0 heterocycles. The number of hydrogen-bond acceptors (Lipinski definition) is 8. The highest BCUT2D eigenvalue weighted by Gasteiger charge is 2.03. The zero-order chi connectivity index (χ0) is 49.4. The fraction of sp³-hybridized carbons (Fsp3) is 0.700. The molecular formula is C60H100O8. The number of benzene rings is 2. The summed E-state index contributed by atoms with van der Waals surface area (Å²) in [6.07, 6.45) is 56.9. The predicted octanol–water partition coefficient (Wildman–Crippen LogP) is 18.2. The van der Waals surface area contributed by atoms with Gasteiger partial charge in [-0.25, -0.2) is 9.59 Å². The molecule has 2 aromatic carbocycles. The van der Waals surface area contributed by atoms with Crippen LogP contribution in [0, 0.1) is 0 Å². The molecule has 68 heavy (non-hydrogen) atoms. The minimum absolute atomic E-state index is 0.177. The first-order valence-corrected chi connectivity index (χ1v) is 28.0. The van der Waals surface area contributed by atoms with Crippen LogP contribution in [-0.4, -0.2) is 45.6 Å². The third kappa shape index (κ3) is 40.0. The number of phenols is 4. The number of hydrogen-bond donors (Lipinski definition) is 4. The number of carbonyl (C=O) groups excluding carboxylic acids is 2. The van der Waals surface area contributed by atoms with Crippen LogP contribution in [0.3, 0.4) is 0 Å². The maximum absolute atomic E-state index is 11.7. The molecule has 0 radical (unpaired) electrons. The minimum Gasteiger partial charge on any atom is -0.504 e. The van der Waals surface area contributed by atoms with Crippen LogP contribution >= 0.6 is 0 Å². The summed E-state index contributed by atoms with van der Waals surface area (Å²) in [4.78, 5) is 23.5. The van der Waals surface area contributed by atoms with Gasteiger partial charge in [-0.15, -0.1) is 0 Å². The summed E-state index contributed by atoms with van der Waals surface area (Å²) in [7, 11) is 0. The Morgan fingerprint density at radius 1 is 0.338 bits per heavy atom. The van der Waals surface area contributed by atoms with E-state index < -0.39 is 0 Å². The standard InChI is InChI=1S/C31H52O4.C29H48O4/c1-2-3-4-5-6-7-8-9-10-11-12-13-14-15-16-17-18-19-20-21-26-35-31(34)25-23-28-22-24-29(32)30(33)27-28;1-2-3-4-5-6-7-8-9-10-11-12-13-14-15-16-17-18-19-24-33-29(32)23-21-26-20-22-27(30)28(31)25-26/h22-25,27,32-33H,2-21,26H2,1H3;20-23,25,30-31H,2-19,24H2,1H3/b25-23+;23-21+. The van der Waals surface area contributed by atoms with Crippen molar-refractivity contribution in [3.8, 4) is 23.0 Å². The van der Waals surface area contributed by atoms with Crippen LogP contribution in [-0.2, 0) is 19.1 Å². The Hall–Kier alpha value is -3.94. The summed E-state index contributed by atoms with van der Waals surface area (Å²) in [5.41, 5.74) is 1.27. The summed E-state index contributed by atoms with van der Waals surface area (Å²) in [6, 6.07) is 8.82. The molecule has 0 aromatic heterocycles. The van der Waals surface area contributed by atoms with Crippen molar-refractivity contribution >= 4 is 24.1 Å². The highest BCUT2D eigenvalue weighted by Crippen LogP contribution is 2.26. The Labute approximate surface area is 415 Å². The lowest BCUT2D eigenvalue weighted by Crippen LogP contribution is -2.02. The van der Waals surface area contributed by atoms with Crippen LogP contribution in [0.25, 0.3) is 12.2 Å². The van der Waals surface area contributed by atoms with Gasteiger partial charge in [0.25, 0.3) is 0 Å². The molecule has 0 bridgehead atoms. The number of phenolic OH excluding ortho intramolecular Hbond substituents is 4. The molecule has 0 fully saturated rings. The molecule has 0 atom stereocenters. The lowest BCUT2D eigenvalue weighted by atomic mass is 10.0. The smallest absolute Gasteiger partial charge is 0.330 e. The molecule has 0 aliphatic carbocycles. The Morgan fingerprint density at radius 3 is 0.779 bits per heavy atom. The lowest BCUT2D eigenvalue weighted by Gasteiger charge is -2.04. The average Bonchev–Trinajstić information content (AvgIpc) is 3.33. The van der Waals surface area contributed by atoms with Gasteiger partial charge in [0.15, 0.2) is 23.0 Å². The first kappa shape index (κ1) is 62.1. The van der Waals surface area contributed by atoms with Gasteiger partial charge in [0.05, 0.1) is 13.2 Å². The quantitative estimate of drug-likeness (QED) is 0.0223. The zero-order valence-corrected chi connectivity index (χ0v) is 43.5. The van der Waals surface area contributed by atoms with Crippen LogP contribution in [0.1, 0.15) is 269 Å². The largest absolute Gasteiger partial charge is 0.504 e. The van der Waals surface area contributed by atoms with Crippen molar-refractivity contribution in [3.05, 3.63) is 59.7 Å². The molecule has 0 saturated carbocycles. The van der Waals surface area contributed by atoms with Gasteiger partial charge in [0, 0.05) is 12.2 Å². The average molecular weight is 949 g/mol. The summed E-state index contributed by atoms with van der Waals surface area (Å²) >= 11 is 0. The number of esters is 2.